The van der Waals surface area contributed by atoms with Crippen LogP contribution in [0.15, 0.2) is 11.4 Å². The van der Waals surface area contributed by atoms with Crippen LogP contribution in [0.4, 0.5) is 5.69 Å². The molecule has 1 atom stereocenters. The van der Waals surface area contributed by atoms with Crippen molar-refractivity contribution in [3.63, 3.8) is 0 Å². The van der Waals surface area contributed by atoms with E-state index < -0.39 is 0 Å². The standard InChI is InChI=1S/C11H18N2O3S/c1-8(15)13-10-3-4-17-11(10)5-12-9(6-14)7-16-2/h3-4,9,12,14H,5-7H2,1-2H3,(H,13,15). The highest BCUT2D eigenvalue weighted by atomic mass is 32.1. The molecule has 3 N–H and O–H groups in total. The Morgan fingerprint density at radius 2 is 2.41 bits per heavy atom. The van der Waals surface area contributed by atoms with E-state index in [1.807, 2.05) is 11.4 Å². The number of ether oxygens (including phenoxy) is 1. The van der Waals surface area contributed by atoms with Crippen molar-refractivity contribution in [1.29, 1.82) is 0 Å². The number of hydrogen-bond donors (Lipinski definition) is 3. The quantitative estimate of drug-likeness (QED) is 0.676. The van der Waals surface area contributed by atoms with Crippen LogP contribution in [-0.2, 0) is 16.1 Å². The lowest BCUT2D eigenvalue weighted by atomic mass is 10.3. The summed E-state index contributed by atoms with van der Waals surface area (Å²) in [5.74, 6) is -0.0831. The summed E-state index contributed by atoms with van der Waals surface area (Å²) >= 11 is 1.56. The molecule has 1 unspecified atom stereocenters. The molecule has 0 bridgehead atoms. The van der Waals surface area contributed by atoms with E-state index in [1.165, 1.54) is 6.92 Å². The topological polar surface area (TPSA) is 70.6 Å². The average Bonchev–Trinajstić information content (AvgIpc) is 2.71. The van der Waals surface area contributed by atoms with Crippen LogP contribution in [-0.4, -0.2) is 37.4 Å². The molecule has 96 valence electrons. The molecule has 1 rings (SSSR count). The van der Waals surface area contributed by atoms with Gasteiger partial charge >= 0.3 is 0 Å². The average molecular weight is 258 g/mol. The summed E-state index contributed by atoms with van der Waals surface area (Å²) in [5.41, 5.74) is 0.823. The minimum absolute atomic E-state index is 0.0225. The van der Waals surface area contributed by atoms with Crippen LogP contribution in [0.2, 0.25) is 0 Å². The van der Waals surface area contributed by atoms with Gasteiger partial charge in [0, 0.05) is 25.5 Å². The number of aliphatic hydroxyl groups excluding tert-OH is 1. The van der Waals surface area contributed by atoms with E-state index in [-0.39, 0.29) is 18.6 Å². The zero-order valence-corrected chi connectivity index (χ0v) is 10.8. The third kappa shape index (κ3) is 4.82. The molecule has 1 amide bonds. The van der Waals surface area contributed by atoms with Gasteiger partial charge in [-0.25, -0.2) is 0 Å². The van der Waals surface area contributed by atoms with Gasteiger partial charge in [-0.05, 0) is 11.4 Å². The van der Waals surface area contributed by atoms with Crippen LogP contribution in [0.3, 0.4) is 0 Å². The van der Waals surface area contributed by atoms with Crippen molar-refractivity contribution in [2.75, 3.05) is 25.6 Å². The van der Waals surface area contributed by atoms with Gasteiger partial charge in [0.05, 0.1) is 24.9 Å². The molecule has 0 aliphatic rings. The fraction of sp³-hybridized carbons (Fsp3) is 0.545. The van der Waals surface area contributed by atoms with E-state index in [0.29, 0.717) is 13.2 Å². The third-order valence-corrected chi connectivity index (χ3v) is 3.12. The second-order valence-corrected chi connectivity index (χ2v) is 4.66. The molecule has 0 saturated carbocycles. The number of rotatable bonds is 7. The lowest BCUT2D eigenvalue weighted by Crippen LogP contribution is -2.35. The van der Waals surface area contributed by atoms with Gasteiger partial charge in [0.1, 0.15) is 0 Å². The van der Waals surface area contributed by atoms with Crippen molar-refractivity contribution in [2.45, 2.75) is 19.5 Å². The van der Waals surface area contributed by atoms with E-state index in [0.717, 1.165) is 10.6 Å². The molecule has 1 aromatic rings. The molecule has 0 radical (unpaired) electrons. The Morgan fingerprint density at radius 1 is 1.65 bits per heavy atom. The summed E-state index contributed by atoms with van der Waals surface area (Å²) < 4.78 is 4.97. The maximum Gasteiger partial charge on any atom is 0.221 e. The Morgan fingerprint density at radius 3 is 3.00 bits per heavy atom. The van der Waals surface area contributed by atoms with Crippen molar-refractivity contribution in [3.05, 3.63) is 16.3 Å². The lowest BCUT2D eigenvalue weighted by Gasteiger charge is -2.15. The SMILES string of the molecule is COCC(CO)NCc1sccc1NC(C)=O. The molecule has 0 aliphatic carbocycles. The van der Waals surface area contributed by atoms with Gasteiger partial charge in [-0.1, -0.05) is 0 Å². The first-order valence-corrected chi connectivity index (χ1v) is 6.22. The Bertz CT molecular complexity index is 354. The third-order valence-electron chi connectivity index (χ3n) is 2.20. The molecule has 1 heterocycles. The highest BCUT2D eigenvalue weighted by Gasteiger charge is 2.09. The molecule has 5 nitrogen and oxygen atoms in total. The van der Waals surface area contributed by atoms with Crippen LogP contribution in [0, 0.1) is 0 Å². The normalized spacial score (nSPS) is 12.4. The van der Waals surface area contributed by atoms with Gasteiger partial charge in [-0.2, -0.15) is 0 Å². The summed E-state index contributed by atoms with van der Waals surface area (Å²) in [7, 11) is 1.60. The zero-order chi connectivity index (χ0) is 12.7. The molecule has 0 saturated heterocycles. The molecule has 0 aromatic carbocycles. The van der Waals surface area contributed by atoms with Gasteiger partial charge in [-0.3, -0.25) is 4.79 Å². The van der Waals surface area contributed by atoms with Crippen LogP contribution < -0.4 is 10.6 Å². The van der Waals surface area contributed by atoms with E-state index in [1.54, 1.807) is 18.4 Å². The second kappa shape index (κ2) is 7.39. The number of carbonyl (C=O) groups is 1. The zero-order valence-electron chi connectivity index (χ0n) is 10.0. The predicted octanol–water partition coefficient (Wildman–Crippen LogP) is 0.803. The van der Waals surface area contributed by atoms with Crippen LogP contribution in [0.25, 0.3) is 0 Å². The number of hydrogen-bond acceptors (Lipinski definition) is 5. The Kier molecular flexibility index (Phi) is 6.13. The van der Waals surface area contributed by atoms with E-state index in [2.05, 4.69) is 10.6 Å². The smallest absolute Gasteiger partial charge is 0.221 e. The van der Waals surface area contributed by atoms with Gasteiger partial charge in [-0.15, -0.1) is 11.3 Å². The molecular formula is C11H18N2O3S. The molecule has 1 aromatic heterocycles. The first-order valence-electron chi connectivity index (χ1n) is 5.34. The van der Waals surface area contributed by atoms with E-state index >= 15 is 0 Å². The molecule has 0 fully saturated rings. The summed E-state index contributed by atoms with van der Waals surface area (Å²) in [5, 5.41) is 17.0. The van der Waals surface area contributed by atoms with E-state index in [9.17, 15) is 4.79 Å². The Labute approximate surface area is 105 Å². The molecular weight excluding hydrogens is 240 g/mol. The monoisotopic (exact) mass is 258 g/mol. The number of methoxy groups -OCH3 is 1. The number of anilines is 1. The number of amides is 1. The van der Waals surface area contributed by atoms with E-state index in [4.69, 9.17) is 9.84 Å². The van der Waals surface area contributed by atoms with Gasteiger partial charge < -0.3 is 20.5 Å². The molecule has 0 aliphatic heterocycles. The number of thiophene rings is 1. The molecule has 0 spiro atoms. The highest BCUT2D eigenvalue weighted by molar-refractivity contribution is 7.10. The van der Waals surface area contributed by atoms with Crippen LogP contribution >= 0.6 is 11.3 Å². The van der Waals surface area contributed by atoms with Crippen molar-refractivity contribution < 1.29 is 14.6 Å². The first-order chi connectivity index (χ1) is 8.17. The van der Waals surface area contributed by atoms with Crippen LogP contribution in [0.1, 0.15) is 11.8 Å². The lowest BCUT2D eigenvalue weighted by molar-refractivity contribution is -0.114. The predicted molar refractivity (Wildman–Crippen MR) is 68.2 cm³/mol. The Balaban J connectivity index is 2.50. The number of carbonyl (C=O) groups excluding carboxylic acids is 1. The maximum atomic E-state index is 11.0. The minimum Gasteiger partial charge on any atom is -0.395 e. The van der Waals surface area contributed by atoms with Crippen molar-refractivity contribution in [1.82, 2.24) is 5.32 Å². The fourth-order valence-electron chi connectivity index (χ4n) is 1.39. The minimum atomic E-state index is -0.0905. The van der Waals surface area contributed by atoms with Gasteiger partial charge in [0.2, 0.25) is 5.91 Å². The fourth-order valence-corrected chi connectivity index (χ4v) is 2.17. The number of aliphatic hydroxyl groups is 1. The Hall–Kier alpha value is -0.950. The van der Waals surface area contributed by atoms with Gasteiger partial charge in [0.15, 0.2) is 0 Å². The van der Waals surface area contributed by atoms with Crippen molar-refractivity contribution in [2.24, 2.45) is 0 Å². The molecule has 17 heavy (non-hydrogen) atoms. The summed E-state index contributed by atoms with van der Waals surface area (Å²) in [6.07, 6.45) is 0. The highest BCUT2D eigenvalue weighted by Crippen LogP contribution is 2.22. The first kappa shape index (κ1) is 14.1. The second-order valence-electron chi connectivity index (χ2n) is 3.65. The van der Waals surface area contributed by atoms with Crippen molar-refractivity contribution >= 4 is 22.9 Å². The molecule has 6 heteroatoms. The largest absolute Gasteiger partial charge is 0.395 e. The summed E-state index contributed by atoms with van der Waals surface area (Å²) in [6, 6.07) is 1.78. The summed E-state index contributed by atoms with van der Waals surface area (Å²) in [4.78, 5) is 12.0. The maximum absolute atomic E-state index is 11.0. The number of nitrogens with one attached hydrogen (secondary N) is 2. The van der Waals surface area contributed by atoms with Crippen LogP contribution in [0.5, 0.6) is 0 Å². The van der Waals surface area contributed by atoms with Gasteiger partial charge in [0.25, 0.3) is 0 Å². The summed E-state index contributed by atoms with van der Waals surface area (Å²) in [6.45, 7) is 2.56. The van der Waals surface area contributed by atoms with Crippen molar-refractivity contribution in [3.8, 4) is 0 Å².